The number of halogens is 2. The second-order valence-corrected chi connectivity index (χ2v) is 5.58. The zero-order valence-corrected chi connectivity index (χ0v) is 13.2. The Kier molecular flexibility index (Phi) is 4.93. The first kappa shape index (κ1) is 14.5. The van der Waals surface area contributed by atoms with Crippen LogP contribution in [0.3, 0.4) is 0 Å². The highest BCUT2D eigenvalue weighted by Crippen LogP contribution is 2.24. The first-order valence-electron chi connectivity index (χ1n) is 6.27. The molecule has 1 aromatic carbocycles. The standard InChI is InChI=1S/C14H17FIN3/c1-3-19-9-10(8-18-19)6-14(17-2)12-5-4-11(15)7-13(12)16/h4-5,7-9,14,17H,3,6H2,1-2H3. The van der Waals surface area contributed by atoms with Crippen molar-refractivity contribution in [3.63, 3.8) is 0 Å². The first-order valence-corrected chi connectivity index (χ1v) is 7.35. The second-order valence-electron chi connectivity index (χ2n) is 4.42. The lowest BCUT2D eigenvalue weighted by Gasteiger charge is -2.17. The van der Waals surface area contributed by atoms with Crippen LogP contribution in [0.15, 0.2) is 30.6 Å². The van der Waals surface area contributed by atoms with Crippen molar-refractivity contribution in [1.29, 1.82) is 0 Å². The monoisotopic (exact) mass is 373 g/mol. The largest absolute Gasteiger partial charge is 0.313 e. The molecule has 0 aliphatic carbocycles. The number of hydrogen-bond acceptors (Lipinski definition) is 2. The molecule has 0 fully saturated rings. The molecule has 2 rings (SSSR count). The van der Waals surface area contributed by atoms with E-state index in [1.807, 2.05) is 24.0 Å². The molecular weight excluding hydrogens is 356 g/mol. The van der Waals surface area contributed by atoms with Gasteiger partial charge in [0, 0.05) is 22.4 Å². The molecule has 5 heteroatoms. The summed E-state index contributed by atoms with van der Waals surface area (Å²) < 4.78 is 16.0. The van der Waals surface area contributed by atoms with E-state index in [4.69, 9.17) is 0 Å². The SMILES string of the molecule is CCn1cc(CC(NC)c2ccc(F)cc2I)cn1. The van der Waals surface area contributed by atoms with Gasteiger partial charge in [0.15, 0.2) is 0 Å². The molecule has 0 amide bonds. The molecule has 2 aromatic rings. The summed E-state index contributed by atoms with van der Waals surface area (Å²) in [6.45, 7) is 2.94. The van der Waals surface area contributed by atoms with Gasteiger partial charge in [-0.05, 0) is 66.2 Å². The summed E-state index contributed by atoms with van der Waals surface area (Å²) in [7, 11) is 1.92. The van der Waals surface area contributed by atoms with Crippen molar-refractivity contribution in [2.24, 2.45) is 0 Å². The molecule has 0 aliphatic heterocycles. The number of aryl methyl sites for hydroxylation is 1. The number of rotatable bonds is 5. The van der Waals surface area contributed by atoms with Crippen molar-refractivity contribution >= 4 is 22.6 Å². The van der Waals surface area contributed by atoms with E-state index >= 15 is 0 Å². The molecule has 1 N–H and O–H groups in total. The molecule has 0 aliphatic rings. The first-order chi connectivity index (χ1) is 9.13. The van der Waals surface area contributed by atoms with Gasteiger partial charge >= 0.3 is 0 Å². The van der Waals surface area contributed by atoms with Crippen LogP contribution in [0.25, 0.3) is 0 Å². The minimum absolute atomic E-state index is 0.169. The molecular formula is C14H17FIN3. The molecule has 0 saturated heterocycles. The lowest BCUT2D eigenvalue weighted by Crippen LogP contribution is -2.19. The Morgan fingerprint density at radius 2 is 2.26 bits per heavy atom. The van der Waals surface area contributed by atoms with Gasteiger partial charge in [-0.3, -0.25) is 4.68 Å². The molecule has 102 valence electrons. The van der Waals surface area contributed by atoms with E-state index in [0.717, 1.165) is 22.1 Å². The van der Waals surface area contributed by atoms with Crippen molar-refractivity contribution in [1.82, 2.24) is 15.1 Å². The van der Waals surface area contributed by atoms with Crippen LogP contribution in [0, 0.1) is 9.39 Å². The Bertz CT molecular complexity index is 553. The van der Waals surface area contributed by atoms with Gasteiger partial charge in [0.05, 0.1) is 6.20 Å². The normalized spacial score (nSPS) is 12.6. The highest BCUT2D eigenvalue weighted by Gasteiger charge is 2.14. The van der Waals surface area contributed by atoms with E-state index in [2.05, 4.69) is 46.1 Å². The molecule has 1 heterocycles. The maximum atomic E-state index is 13.2. The molecule has 1 aromatic heterocycles. The third-order valence-corrected chi connectivity index (χ3v) is 4.07. The molecule has 1 unspecified atom stereocenters. The average Bonchev–Trinajstić information content (AvgIpc) is 2.84. The molecule has 0 radical (unpaired) electrons. The van der Waals surface area contributed by atoms with Crippen LogP contribution in [-0.4, -0.2) is 16.8 Å². The van der Waals surface area contributed by atoms with E-state index in [-0.39, 0.29) is 11.9 Å². The third kappa shape index (κ3) is 3.54. The molecule has 0 spiro atoms. The summed E-state index contributed by atoms with van der Waals surface area (Å²) in [4.78, 5) is 0. The van der Waals surface area contributed by atoms with Crippen molar-refractivity contribution in [3.05, 3.63) is 51.1 Å². The summed E-state index contributed by atoms with van der Waals surface area (Å²) in [6.07, 6.45) is 4.79. The van der Waals surface area contributed by atoms with Crippen LogP contribution in [0.5, 0.6) is 0 Å². The van der Waals surface area contributed by atoms with Gasteiger partial charge in [-0.1, -0.05) is 6.07 Å². The Hall–Kier alpha value is -0.950. The smallest absolute Gasteiger partial charge is 0.124 e. The third-order valence-electron chi connectivity index (χ3n) is 3.14. The second kappa shape index (κ2) is 6.47. The van der Waals surface area contributed by atoms with Crippen LogP contribution in [0.1, 0.15) is 24.1 Å². The zero-order chi connectivity index (χ0) is 13.8. The maximum Gasteiger partial charge on any atom is 0.124 e. The van der Waals surface area contributed by atoms with Gasteiger partial charge < -0.3 is 5.32 Å². The van der Waals surface area contributed by atoms with E-state index < -0.39 is 0 Å². The van der Waals surface area contributed by atoms with Gasteiger partial charge in [-0.25, -0.2) is 4.39 Å². The Balaban J connectivity index is 2.19. The minimum Gasteiger partial charge on any atom is -0.313 e. The number of benzene rings is 1. The van der Waals surface area contributed by atoms with Gasteiger partial charge in [0.25, 0.3) is 0 Å². The van der Waals surface area contributed by atoms with Crippen molar-refractivity contribution in [3.8, 4) is 0 Å². The number of likely N-dealkylation sites (N-methyl/N-ethyl adjacent to an activating group) is 1. The van der Waals surface area contributed by atoms with Crippen molar-refractivity contribution in [2.45, 2.75) is 25.9 Å². The fourth-order valence-corrected chi connectivity index (χ4v) is 2.93. The number of hydrogen-bond donors (Lipinski definition) is 1. The van der Waals surface area contributed by atoms with Gasteiger partial charge in [0.1, 0.15) is 5.82 Å². The van der Waals surface area contributed by atoms with Crippen LogP contribution >= 0.6 is 22.6 Å². The lowest BCUT2D eigenvalue weighted by molar-refractivity contribution is 0.581. The number of aromatic nitrogens is 2. The van der Waals surface area contributed by atoms with Gasteiger partial charge in [0.2, 0.25) is 0 Å². The quantitative estimate of drug-likeness (QED) is 0.817. The summed E-state index contributed by atoms with van der Waals surface area (Å²) in [5.41, 5.74) is 2.30. The van der Waals surface area contributed by atoms with Crippen LogP contribution in [0.4, 0.5) is 4.39 Å². The fourth-order valence-electron chi connectivity index (χ4n) is 2.07. The average molecular weight is 373 g/mol. The van der Waals surface area contributed by atoms with Crippen LogP contribution < -0.4 is 5.32 Å². The molecule has 0 saturated carbocycles. The minimum atomic E-state index is -0.193. The Labute approximate surface area is 126 Å². The van der Waals surface area contributed by atoms with Crippen LogP contribution in [-0.2, 0) is 13.0 Å². The summed E-state index contributed by atoms with van der Waals surface area (Å²) in [5, 5.41) is 7.57. The van der Waals surface area contributed by atoms with E-state index in [1.54, 1.807) is 6.07 Å². The predicted octanol–water partition coefficient (Wildman–Crippen LogP) is 3.15. The summed E-state index contributed by atoms with van der Waals surface area (Å²) >= 11 is 2.18. The van der Waals surface area contributed by atoms with Crippen LogP contribution in [0.2, 0.25) is 0 Å². The highest BCUT2D eigenvalue weighted by molar-refractivity contribution is 14.1. The van der Waals surface area contributed by atoms with Crippen molar-refractivity contribution < 1.29 is 4.39 Å². The lowest BCUT2D eigenvalue weighted by atomic mass is 10.0. The van der Waals surface area contributed by atoms with Gasteiger partial charge in [-0.15, -0.1) is 0 Å². The number of nitrogens with zero attached hydrogens (tertiary/aromatic N) is 2. The number of nitrogens with one attached hydrogen (secondary N) is 1. The molecule has 19 heavy (non-hydrogen) atoms. The van der Waals surface area contributed by atoms with E-state index in [9.17, 15) is 4.39 Å². The topological polar surface area (TPSA) is 29.9 Å². The Morgan fingerprint density at radius 3 is 2.84 bits per heavy atom. The fraction of sp³-hybridized carbons (Fsp3) is 0.357. The molecule has 3 nitrogen and oxygen atoms in total. The maximum absolute atomic E-state index is 13.2. The van der Waals surface area contributed by atoms with Gasteiger partial charge in [-0.2, -0.15) is 5.10 Å². The van der Waals surface area contributed by atoms with Crippen molar-refractivity contribution in [2.75, 3.05) is 7.05 Å². The molecule has 1 atom stereocenters. The summed E-state index contributed by atoms with van der Waals surface area (Å²) in [6, 6.07) is 5.09. The Morgan fingerprint density at radius 1 is 1.47 bits per heavy atom. The van der Waals surface area contributed by atoms with E-state index in [1.165, 1.54) is 11.6 Å². The predicted molar refractivity (Wildman–Crippen MR) is 82.5 cm³/mol. The highest BCUT2D eigenvalue weighted by atomic mass is 127. The van der Waals surface area contributed by atoms with E-state index in [0.29, 0.717) is 0 Å². The zero-order valence-electron chi connectivity index (χ0n) is 11.0. The summed E-state index contributed by atoms with van der Waals surface area (Å²) in [5.74, 6) is -0.193. The molecule has 0 bridgehead atoms.